The number of rotatable bonds is 4. The Kier molecular flexibility index (Phi) is 5.40. The van der Waals surface area contributed by atoms with Crippen LogP contribution in [0.4, 0.5) is 4.79 Å². The highest BCUT2D eigenvalue weighted by atomic mass is 16.5. The number of ether oxygens (including phenoxy) is 1. The number of carbonyl (C=O) groups excluding carboxylic acids is 1. The molecule has 2 heterocycles. The van der Waals surface area contributed by atoms with Crippen molar-refractivity contribution in [1.29, 1.82) is 0 Å². The van der Waals surface area contributed by atoms with E-state index < -0.39 is 0 Å². The quantitative estimate of drug-likeness (QED) is 0.905. The second kappa shape index (κ2) is 7.53. The largest absolute Gasteiger partial charge is 0.370 e. The van der Waals surface area contributed by atoms with E-state index in [0.717, 1.165) is 31.4 Å². The minimum Gasteiger partial charge on any atom is -0.370 e. The number of hydrogen-bond acceptors (Lipinski definition) is 4. The minimum absolute atomic E-state index is 0.0376. The van der Waals surface area contributed by atoms with Crippen LogP contribution >= 0.6 is 0 Å². The summed E-state index contributed by atoms with van der Waals surface area (Å²) in [5.41, 5.74) is 1.04. The maximum atomic E-state index is 12.6. The van der Waals surface area contributed by atoms with Gasteiger partial charge in [-0.15, -0.1) is 0 Å². The van der Waals surface area contributed by atoms with Crippen molar-refractivity contribution in [3.05, 3.63) is 18.0 Å². The molecule has 1 aliphatic heterocycles. The molecule has 3 rings (SSSR count). The molecule has 1 aromatic rings. The molecule has 2 aliphatic rings. The van der Waals surface area contributed by atoms with E-state index >= 15 is 0 Å². The summed E-state index contributed by atoms with van der Waals surface area (Å²) in [6, 6.07) is 0.900. The van der Waals surface area contributed by atoms with Crippen LogP contribution in [0, 0.1) is 0 Å². The highest BCUT2D eigenvalue weighted by molar-refractivity contribution is 5.74. The summed E-state index contributed by atoms with van der Waals surface area (Å²) in [6.07, 6.45) is 7.02. The highest BCUT2D eigenvalue weighted by Crippen LogP contribution is 2.24. The van der Waals surface area contributed by atoms with Crippen molar-refractivity contribution in [1.82, 2.24) is 24.9 Å². The number of morpholine rings is 1. The van der Waals surface area contributed by atoms with Gasteiger partial charge in [-0.05, 0) is 40.3 Å². The van der Waals surface area contributed by atoms with Crippen LogP contribution < -0.4 is 5.32 Å². The van der Waals surface area contributed by atoms with E-state index in [9.17, 15) is 4.79 Å². The first-order valence-electron chi connectivity index (χ1n) is 8.92. The fourth-order valence-electron chi connectivity index (χ4n) is 3.58. The summed E-state index contributed by atoms with van der Waals surface area (Å²) in [4.78, 5) is 16.7. The second-order valence-corrected chi connectivity index (χ2v) is 7.01. The summed E-state index contributed by atoms with van der Waals surface area (Å²) >= 11 is 0. The molecule has 2 fully saturated rings. The molecule has 3 atom stereocenters. The third kappa shape index (κ3) is 3.89. The van der Waals surface area contributed by atoms with Crippen LogP contribution in [0.1, 0.15) is 37.9 Å². The lowest BCUT2D eigenvalue weighted by molar-refractivity contribution is -0.0158. The van der Waals surface area contributed by atoms with E-state index in [1.165, 1.54) is 0 Å². The lowest BCUT2D eigenvalue weighted by Gasteiger charge is -2.33. The monoisotopic (exact) mass is 335 g/mol. The van der Waals surface area contributed by atoms with Gasteiger partial charge >= 0.3 is 6.03 Å². The molecule has 1 aliphatic carbocycles. The summed E-state index contributed by atoms with van der Waals surface area (Å²) in [6.45, 7) is 4.70. The molecule has 7 heteroatoms. The SMILES string of the molecule is CCn1cc([C@@H]2CN(C(=O)N[C@H]3CC[C@@H](N(C)C)C3)CCO2)cn1. The summed E-state index contributed by atoms with van der Waals surface area (Å²) < 4.78 is 7.73. The first-order valence-corrected chi connectivity index (χ1v) is 8.92. The van der Waals surface area contributed by atoms with Gasteiger partial charge in [-0.3, -0.25) is 4.68 Å². The molecule has 0 radical (unpaired) electrons. The van der Waals surface area contributed by atoms with E-state index in [2.05, 4.69) is 36.3 Å². The zero-order valence-electron chi connectivity index (χ0n) is 14.9. The van der Waals surface area contributed by atoms with Gasteiger partial charge in [0.1, 0.15) is 6.10 Å². The average Bonchev–Trinajstić information content (AvgIpc) is 3.24. The van der Waals surface area contributed by atoms with E-state index in [4.69, 9.17) is 4.74 Å². The molecule has 7 nitrogen and oxygen atoms in total. The molecule has 0 aromatic carbocycles. The number of nitrogens with zero attached hydrogens (tertiary/aromatic N) is 4. The van der Waals surface area contributed by atoms with E-state index in [-0.39, 0.29) is 18.2 Å². The van der Waals surface area contributed by atoms with Crippen LogP contribution in [-0.4, -0.2) is 71.5 Å². The summed E-state index contributed by atoms with van der Waals surface area (Å²) in [7, 11) is 4.22. The first-order chi connectivity index (χ1) is 11.6. The van der Waals surface area contributed by atoms with E-state index in [1.54, 1.807) is 0 Å². The predicted octanol–water partition coefficient (Wildman–Crippen LogP) is 1.47. The molecule has 1 N–H and O–H groups in total. The van der Waals surface area contributed by atoms with Crippen LogP contribution in [-0.2, 0) is 11.3 Å². The highest BCUT2D eigenvalue weighted by Gasteiger charge is 2.31. The van der Waals surface area contributed by atoms with E-state index in [1.807, 2.05) is 22.0 Å². The number of aryl methyl sites for hydroxylation is 1. The topological polar surface area (TPSA) is 62.6 Å². The summed E-state index contributed by atoms with van der Waals surface area (Å²) in [5.74, 6) is 0. The Morgan fingerprint density at radius 1 is 1.46 bits per heavy atom. The smallest absolute Gasteiger partial charge is 0.317 e. The van der Waals surface area contributed by atoms with Gasteiger partial charge in [-0.1, -0.05) is 0 Å². The molecule has 1 aromatic heterocycles. The van der Waals surface area contributed by atoms with Crippen LogP contribution in [0.25, 0.3) is 0 Å². The van der Waals surface area contributed by atoms with Crippen molar-refractivity contribution < 1.29 is 9.53 Å². The van der Waals surface area contributed by atoms with Crippen molar-refractivity contribution in [3.63, 3.8) is 0 Å². The van der Waals surface area contributed by atoms with Gasteiger partial charge in [0.05, 0.1) is 19.3 Å². The number of hydrogen-bond donors (Lipinski definition) is 1. The van der Waals surface area contributed by atoms with Gasteiger partial charge in [-0.2, -0.15) is 5.10 Å². The molecule has 24 heavy (non-hydrogen) atoms. The Morgan fingerprint density at radius 3 is 2.96 bits per heavy atom. The summed E-state index contributed by atoms with van der Waals surface area (Å²) in [5, 5.41) is 7.51. The van der Waals surface area contributed by atoms with Crippen molar-refractivity contribution >= 4 is 6.03 Å². The lowest BCUT2D eigenvalue weighted by Crippen LogP contribution is -2.49. The maximum Gasteiger partial charge on any atom is 0.317 e. The van der Waals surface area contributed by atoms with Gasteiger partial charge in [-0.25, -0.2) is 4.79 Å². The lowest BCUT2D eigenvalue weighted by atomic mass is 10.1. The third-order valence-electron chi connectivity index (χ3n) is 5.17. The van der Waals surface area contributed by atoms with Crippen LogP contribution in [0.3, 0.4) is 0 Å². The molecule has 2 amide bonds. The molecule has 1 saturated heterocycles. The number of urea groups is 1. The van der Waals surface area contributed by atoms with Gasteiger partial charge in [0.25, 0.3) is 0 Å². The van der Waals surface area contributed by atoms with Crippen molar-refractivity contribution in [2.24, 2.45) is 0 Å². The van der Waals surface area contributed by atoms with Gasteiger partial charge in [0.15, 0.2) is 0 Å². The standard InChI is InChI=1S/C17H29N5O2/c1-4-22-11-13(10-18-22)16-12-21(7-8-24-16)17(23)19-14-5-6-15(9-14)20(2)3/h10-11,14-16H,4-9,12H2,1-3H3,(H,19,23)/t14-,15+,16-/m0/s1. The van der Waals surface area contributed by atoms with Crippen molar-refractivity contribution in [2.45, 2.75) is 50.9 Å². The zero-order chi connectivity index (χ0) is 17.1. The number of nitrogens with one attached hydrogen (secondary N) is 1. The third-order valence-corrected chi connectivity index (χ3v) is 5.17. The number of carbonyl (C=O) groups is 1. The fourth-order valence-corrected chi connectivity index (χ4v) is 3.58. The van der Waals surface area contributed by atoms with Crippen LogP contribution in [0.15, 0.2) is 12.4 Å². The molecular formula is C17H29N5O2. The molecule has 0 spiro atoms. The van der Waals surface area contributed by atoms with E-state index in [0.29, 0.717) is 25.7 Å². The molecule has 0 bridgehead atoms. The zero-order valence-corrected chi connectivity index (χ0v) is 14.9. The normalized spacial score (nSPS) is 27.7. The fraction of sp³-hybridized carbons (Fsp3) is 0.765. The van der Waals surface area contributed by atoms with Crippen LogP contribution in [0.5, 0.6) is 0 Å². The average molecular weight is 335 g/mol. The second-order valence-electron chi connectivity index (χ2n) is 7.01. The van der Waals surface area contributed by atoms with Crippen molar-refractivity contribution in [3.8, 4) is 0 Å². The Morgan fingerprint density at radius 2 is 2.29 bits per heavy atom. The Hall–Kier alpha value is -1.60. The maximum absolute atomic E-state index is 12.6. The molecule has 1 saturated carbocycles. The Balaban J connectivity index is 1.53. The van der Waals surface area contributed by atoms with Gasteiger partial charge in [0, 0.05) is 36.9 Å². The van der Waals surface area contributed by atoms with Gasteiger partial charge in [0.2, 0.25) is 0 Å². The van der Waals surface area contributed by atoms with Crippen molar-refractivity contribution in [2.75, 3.05) is 33.8 Å². The first kappa shape index (κ1) is 17.2. The predicted molar refractivity (Wildman–Crippen MR) is 91.8 cm³/mol. The molecule has 0 unspecified atom stereocenters. The number of amides is 2. The minimum atomic E-state index is -0.0806. The number of aromatic nitrogens is 2. The van der Waals surface area contributed by atoms with Crippen LogP contribution in [0.2, 0.25) is 0 Å². The Labute approximate surface area is 143 Å². The Bertz CT molecular complexity index is 559. The van der Waals surface area contributed by atoms with Gasteiger partial charge < -0.3 is 19.9 Å². The molecule has 134 valence electrons. The molecular weight excluding hydrogens is 306 g/mol.